The van der Waals surface area contributed by atoms with E-state index in [4.69, 9.17) is 14.6 Å². The number of hydrogen-bond acceptors (Lipinski definition) is 4. The summed E-state index contributed by atoms with van der Waals surface area (Å²) < 4.78 is 10.5. The van der Waals surface area contributed by atoms with Gasteiger partial charge in [0.25, 0.3) is 5.91 Å². The number of aliphatic carboxylic acids is 1. The zero-order chi connectivity index (χ0) is 15.2. The third kappa shape index (κ3) is 3.80. The van der Waals surface area contributed by atoms with Crippen molar-refractivity contribution < 1.29 is 24.2 Å². The molecule has 0 fully saturated rings. The smallest absolute Gasteiger partial charge is 0.323 e. The minimum atomic E-state index is -1.05. The van der Waals surface area contributed by atoms with Crippen LogP contribution in [0.2, 0.25) is 0 Å². The molecule has 6 heteroatoms. The fourth-order valence-electron chi connectivity index (χ4n) is 2.40. The highest BCUT2D eigenvalue weighted by molar-refractivity contribution is 5.86. The molecule has 114 valence electrons. The number of nitrogens with zero attached hydrogens (tertiary/aromatic N) is 1. The van der Waals surface area contributed by atoms with E-state index < -0.39 is 12.1 Å². The molecule has 1 amide bonds. The maximum absolute atomic E-state index is 12.6. The molecule has 1 heterocycles. The highest BCUT2D eigenvalue weighted by atomic mass is 16.5. The van der Waals surface area contributed by atoms with Crippen LogP contribution in [0, 0.1) is 0 Å². The van der Waals surface area contributed by atoms with E-state index in [2.05, 4.69) is 0 Å². The second kappa shape index (κ2) is 7.19. The molecule has 2 rings (SSSR count). The number of carbonyl (C=O) groups excluding carboxylic acids is 1. The molecule has 6 nitrogen and oxygen atoms in total. The van der Waals surface area contributed by atoms with Crippen molar-refractivity contribution >= 4 is 11.9 Å². The fourth-order valence-corrected chi connectivity index (χ4v) is 2.40. The zero-order valence-corrected chi connectivity index (χ0v) is 11.9. The Morgan fingerprint density at radius 1 is 1.43 bits per heavy atom. The van der Waals surface area contributed by atoms with Crippen LogP contribution >= 0.6 is 0 Å². The van der Waals surface area contributed by atoms with Crippen molar-refractivity contribution in [3.8, 4) is 0 Å². The van der Waals surface area contributed by atoms with Crippen molar-refractivity contribution in [2.24, 2.45) is 0 Å². The predicted molar refractivity (Wildman–Crippen MR) is 74.9 cm³/mol. The van der Waals surface area contributed by atoms with Crippen LogP contribution < -0.4 is 0 Å². The first-order chi connectivity index (χ1) is 10.1. The van der Waals surface area contributed by atoms with Gasteiger partial charge in [0.05, 0.1) is 13.2 Å². The Morgan fingerprint density at radius 3 is 2.90 bits per heavy atom. The number of benzene rings is 1. The molecule has 0 radical (unpaired) electrons. The van der Waals surface area contributed by atoms with Crippen LogP contribution in [0.4, 0.5) is 0 Å². The number of carbonyl (C=O) groups is 2. The minimum Gasteiger partial charge on any atom is -0.480 e. The lowest BCUT2D eigenvalue weighted by atomic mass is 9.97. The van der Waals surface area contributed by atoms with Crippen LogP contribution in [0.3, 0.4) is 0 Å². The topological polar surface area (TPSA) is 76.1 Å². The SMILES string of the molecule is COCCN(CC(=O)O)C(=O)[C@@H]1OCCc2ccccc21. The Balaban J connectivity index is 2.18. The summed E-state index contributed by atoms with van der Waals surface area (Å²) in [5.74, 6) is -1.38. The number of ether oxygens (including phenoxy) is 2. The highest BCUT2D eigenvalue weighted by Gasteiger charge is 2.31. The lowest BCUT2D eigenvalue weighted by Gasteiger charge is -2.30. The summed E-state index contributed by atoms with van der Waals surface area (Å²) >= 11 is 0. The normalized spacial score (nSPS) is 17.1. The summed E-state index contributed by atoms with van der Waals surface area (Å²) in [7, 11) is 1.51. The molecule has 1 N–H and O–H groups in total. The second-order valence-corrected chi connectivity index (χ2v) is 4.85. The first-order valence-electron chi connectivity index (χ1n) is 6.82. The summed E-state index contributed by atoms with van der Waals surface area (Å²) in [5, 5.41) is 8.95. The maximum Gasteiger partial charge on any atom is 0.323 e. The molecule has 1 aliphatic rings. The summed E-state index contributed by atoms with van der Waals surface area (Å²) in [6.45, 7) is 0.611. The predicted octanol–water partition coefficient (Wildman–Crippen LogP) is 0.860. The van der Waals surface area contributed by atoms with E-state index in [0.29, 0.717) is 6.61 Å². The van der Waals surface area contributed by atoms with E-state index >= 15 is 0 Å². The Bertz CT molecular complexity index is 517. The van der Waals surface area contributed by atoms with Gasteiger partial charge in [-0.1, -0.05) is 24.3 Å². The molecular weight excluding hydrogens is 274 g/mol. The molecule has 0 aromatic heterocycles. The first-order valence-corrected chi connectivity index (χ1v) is 6.82. The van der Waals surface area contributed by atoms with E-state index in [1.54, 1.807) is 0 Å². The molecule has 0 aliphatic carbocycles. The lowest BCUT2D eigenvalue weighted by molar-refractivity contribution is -0.152. The molecule has 1 aromatic rings. The molecule has 0 saturated carbocycles. The van der Waals surface area contributed by atoms with Crippen LogP contribution in [0.25, 0.3) is 0 Å². The van der Waals surface area contributed by atoms with Gasteiger partial charge in [-0.3, -0.25) is 9.59 Å². The fraction of sp³-hybridized carbons (Fsp3) is 0.467. The Kier molecular flexibility index (Phi) is 5.30. The van der Waals surface area contributed by atoms with Crippen LogP contribution in [-0.2, 0) is 25.5 Å². The number of amides is 1. The molecule has 0 bridgehead atoms. The summed E-state index contributed by atoms with van der Waals surface area (Å²) in [6.07, 6.45) is 0.0305. The van der Waals surface area contributed by atoms with E-state index in [0.717, 1.165) is 17.5 Å². The van der Waals surface area contributed by atoms with Gasteiger partial charge in [0.2, 0.25) is 0 Å². The monoisotopic (exact) mass is 293 g/mol. The van der Waals surface area contributed by atoms with Crippen molar-refractivity contribution in [2.75, 3.05) is 33.4 Å². The highest BCUT2D eigenvalue weighted by Crippen LogP contribution is 2.28. The largest absolute Gasteiger partial charge is 0.480 e. The molecule has 1 aliphatic heterocycles. The van der Waals surface area contributed by atoms with Crippen LogP contribution in [0.5, 0.6) is 0 Å². The van der Waals surface area contributed by atoms with E-state index in [1.807, 2.05) is 24.3 Å². The van der Waals surface area contributed by atoms with Gasteiger partial charge in [-0.2, -0.15) is 0 Å². The van der Waals surface area contributed by atoms with Crippen LogP contribution in [-0.4, -0.2) is 55.3 Å². The Hall–Kier alpha value is -1.92. The number of carboxylic acid groups (broad SMARTS) is 1. The average Bonchev–Trinajstić information content (AvgIpc) is 2.50. The summed E-state index contributed by atoms with van der Waals surface area (Å²) in [6, 6.07) is 7.59. The summed E-state index contributed by atoms with van der Waals surface area (Å²) in [4.78, 5) is 24.8. The molecule has 1 atom stereocenters. The Morgan fingerprint density at radius 2 is 2.19 bits per heavy atom. The van der Waals surface area contributed by atoms with Crippen molar-refractivity contribution in [2.45, 2.75) is 12.5 Å². The number of carboxylic acids is 1. The van der Waals surface area contributed by atoms with Gasteiger partial charge in [0.15, 0.2) is 6.10 Å². The first kappa shape index (κ1) is 15.5. The quantitative estimate of drug-likeness (QED) is 0.842. The standard InChI is InChI=1S/C15H19NO5/c1-20-9-7-16(10-13(17)18)15(19)14-12-5-3-2-4-11(12)6-8-21-14/h2-5,14H,6-10H2,1H3,(H,17,18)/t14-/m1/s1. The maximum atomic E-state index is 12.6. The Labute approximate surface area is 123 Å². The van der Waals surface area contributed by atoms with Gasteiger partial charge in [-0.25, -0.2) is 0 Å². The van der Waals surface area contributed by atoms with Crippen molar-refractivity contribution in [3.63, 3.8) is 0 Å². The molecule has 1 aromatic carbocycles. The van der Waals surface area contributed by atoms with Crippen LogP contribution in [0.1, 0.15) is 17.2 Å². The van der Waals surface area contributed by atoms with E-state index in [9.17, 15) is 9.59 Å². The second-order valence-electron chi connectivity index (χ2n) is 4.85. The molecule has 0 unspecified atom stereocenters. The van der Waals surface area contributed by atoms with Gasteiger partial charge < -0.3 is 19.5 Å². The third-order valence-corrected chi connectivity index (χ3v) is 3.42. The average molecular weight is 293 g/mol. The van der Waals surface area contributed by atoms with Crippen LogP contribution in [0.15, 0.2) is 24.3 Å². The summed E-state index contributed by atoms with van der Waals surface area (Å²) in [5.41, 5.74) is 1.89. The number of methoxy groups -OCH3 is 1. The van der Waals surface area contributed by atoms with Gasteiger partial charge >= 0.3 is 5.97 Å². The zero-order valence-electron chi connectivity index (χ0n) is 11.9. The molecular formula is C15H19NO5. The lowest BCUT2D eigenvalue weighted by Crippen LogP contribution is -2.42. The molecule has 0 spiro atoms. The number of rotatable bonds is 6. The number of fused-ring (bicyclic) bond motifs is 1. The van der Waals surface area contributed by atoms with Gasteiger partial charge in [0.1, 0.15) is 6.54 Å². The van der Waals surface area contributed by atoms with Crippen molar-refractivity contribution in [1.82, 2.24) is 4.90 Å². The molecule has 21 heavy (non-hydrogen) atoms. The van der Waals surface area contributed by atoms with Crippen molar-refractivity contribution in [1.29, 1.82) is 0 Å². The minimum absolute atomic E-state index is 0.226. The van der Waals surface area contributed by atoms with E-state index in [1.165, 1.54) is 12.0 Å². The van der Waals surface area contributed by atoms with Gasteiger partial charge in [0, 0.05) is 13.7 Å². The van der Waals surface area contributed by atoms with E-state index in [-0.39, 0.29) is 25.6 Å². The van der Waals surface area contributed by atoms with Gasteiger partial charge in [-0.05, 0) is 17.5 Å². The van der Waals surface area contributed by atoms with Gasteiger partial charge in [-0.15, -0.1) is 0 Å². The van der Waals surface area contributed by atoms with Crippen molar-refractivity contribution in [3.05, 3.63) is 35.4 Å². The third-order valence-electron chi connectivity index (χ3n) is 3.42. The number of hydrogen-bond donors (Lipinski definition) is 1. The molecule has 0 saturated heterocycles.